The molecule has 0 saturated heterocycles. The third-order valence-electron chi connectivity index (χ3n) is 1.47. The van der Waals surface area contributed by atoms with Gasteiger partial charge in [-0.1, -0.05) is 12.2 Å². The first kappa shape index (κ1) is 10.3. The second kappa shape index (κ2) is 3.17. The molecule has 0 fully saturated rings. The lowest BCUT2D eigenvalue weighted by atomic mass is 10.2. The van der Waals surface area contributed by atoms with Gasteiger partial charge in [0.05, 0.1) is 4.91 Å². The van der Waals surface area contributed by atoms with Gasteiger partial charge in [0.15, 0.2) is 0 Å². The standard InChI is InChI=1S/C7H6F3O2S/c8-7(9,10)13(11,12)6-4-2-1-3-5-6/h1-2,4-5H,3H2. The van der Waals surface area contributed by atoms with Crippen LogP contribution in [0, 0.1) is 6.42 Å². The Morgan fingerprint density at radius 1 is 1.31 bits per heavy atom. The van der Waals surface area contributed by atoms with Crippen LogP contribution in [0.4, 0.5) is 13.2 Å². The Bertz CT molecular complexity index is 348. The van der Waals surface area contributed by atoms with Crippen LogP contribution in [0.2, 0.25) is 0 Å². The predicted octanol–water partition coefficient (Wildman–Crippen LogP) is 1.97. The molecule has 1 aliphatic carbocycles. The van der Waals surface area contributed by atoms with Gasteiger partial charge in [-0.2, -0.15) is 13.2 Å². The van der Waals surface area contributed by atoms with Crippen molar-refractivity contribution >= 4 is 9.84 Å². The summed E-state index contributed by atoms with van der Waals surface area (Å²) in [6.07, 6.45) is 5.03. The van der Waals surface area contributed by atoms with Gasteiger partial charge < -0.3 is 0 Å². The molecule has 0 saturated carbocycles. The molecule has 0 aromatic carbocycles. The van der Waals surface area contributed by atoms with E-state index in [9.17, 15) is 21.6 Å². The van der Waals surface area contributed by atoms with E-state index in [1.54, 1.807) is 6.42 Å². The van der Waals surface area contributed by atoms with Crippen molar-refractivity contribution in [2.24, 2.45) is 0 Å². The summed E-state index contributed by atoms with van der Waals surface area (Å²) in [4.78, 5) is -0.678. The van der Waals surface area contributed by atoms with Crippen molar-refractivity contribution in [2.45, 2.75) is 11.9 Å². The van der Waals surface area contributed by atoms with E-state index in [1.807, 2.05) is 0 Å². The molecule has 0 aromatic heterocycles. The van der Waals surface area contributed by atoms with Crippen LogP contribution < -0.4 is 0 Å². The van der Waals surface area contributed by atoms with E-state index < -0.39 is 20.3 Å². The molecular weight excluding hydrogens is 205 g/mol. The van der Waals surface area contributed by atoms with E-state index in [0.29, 0.717) is 0 Å². The molecule has 6 heteroatoms. The minimum absolute atomic E-state index is 0.209. The fourth-order valence-electron chi connectivity index (χ4n) is 0.827. The van der Waals surface area contributed by atoms with Crippen molar-refractivity contribution in [1.29, 1.82) is 0 Å². The highest BCUT2D eigenvalue weighted by Crippen LogP contribution is 2.31. The summed E-state index contributed by atoms with van der Waals surface area (Å²) in [6, 6.07) is 0. The molecule has 0 bridgehead atoms. The summed E-state index contributed by atoms with van der Waals surface area (Å²) >= 11 is 0. The van der Waals surface area contributed by atoms with Crippen LogP contribution in [0.5, 0.6) is 0 Å². The first-order chi connectivity index (χ1) is 5.86. The van der Waals surface area contributed by atoms with Gasteiger partial charge in [0.1, 0.15) is 0 Å². The number of rotatable bonds is 1. The molecule has 0 atom stereocenters. The number of allylic oxidation sites excluding steroid dienone is 3. The van der Waals surface area contributed by atoms with E-state index in [2.05, 4.69) is 0 Å². The minimum Gasteiger partial charge on any atom is -0.214 e. The van der Waals surface area contributed by atoms with Gasteiger partial charge in [-0.25, -0.2) is 8.42 Å². The molecule has 1 aliphatic rings. The first-order valence-corrected chi connectivity index (χ1v) is 4.85. The minimum atomic E-state index is -5.21. The summed E-state index contributed by atoms with van der Waals surface area (Å²) in [5.74, 6) is 0. The lowest BCUT2D eigenvalue weighted by Gasteiger charge is -2.10. The van der Waals surface area contributed by atoms with E-state index >= 15 is 0 Å². The maximum atomic E-state index is 11.9. The fourth-order valence-corrected chi connectivity index (χ4v) is 1.67. The molecule has 0 unspecified atom stereocenters. The monoisotopic (exact) mass is 211 g/mol. The van der Waals surface area contributed by atoms with Gasteiger partial charge >= 0.3 is 5.51 Å². The molecule has 0 spiro atoms. The van der Waals surface area contributed by atoms with E-state index in [4.69, 9.17) is 0 Å². The zero-order valence-corrected chi connectivity index (χ0v) is 7.19. The average Bonchev–Trinajstić information content (AvgIpc) is 2.04. The quantitative estimate of drug-likeness (QED) is 0.664. The van der Waals surface area contributed by atoms with E-state index in [-0.39, 0.29) is 6.42 Å². The zero-order chi connectivity index (χ0) is 10.1. The normalized spacial score (nSPS) is 18.5. The third kappa shape index (κ3) is 1.93. The molecule has 1 radical (unpaired) electrons. The van der Waals surface area contributed by atoms with E-state index in [0.717, 1.165) is 12.2 Å². The Morgan fingerprint density at radius 2 is 1.92 bits per heavy atom. The smallest absolute Gasteiger partial charge is 0.214 e. The maximum Gasteiger partial charge on any atom is 0.501 e. The Kier molecular flexibility index (Phi) is 2.51. The highest BCUT2D eigenvalue weighted by atomic mass is 32.2. The Morgan fingerprint density at radius 3 is 2.31 bits per heavy atom. The molecule has 0 aromatic rings. The molecule has 0 N–H and O–H groups in total. The largest absolute Gasteiger partial charge is 0.501 e. The van der Waals surface area contributed by atoms with Crippen molar-refractivity contribution in [1.82, 2.24) is 0 Å². The van der Waals surface area contributed by atoms with Crippen molar-refractivity contribution in [3.63, 3.8) is 0 Å². The second-order valence-corrected chi connectivity index (χ2v) is 4.33. The Balaban J connectivity index is 3.08. The Hall–Kier alpha value is -0.780. The molecule has 0 aliphatic heterocycles. The fraction of sp³-hybridized carbons (Fsp3) is 0.286. The maximum absolute atomic E-state index is 11.9. The third-order valence-corrected chi connectivity index (χ3v) is 3.00. The zero-order valence-electron chi connectivity index (χ0n) is 6.38. The van der Waals surface area contributed by atoms with Crippen molar-refractivity contribution in [2.75, 3.05) is 0 Å². The van der Waals surface area contributed by atoms with Gasteiger partial charge in [0, 0.05) is 0 Å². The molecule has 0 amide bonds. The average molecular weight is 211 g/mol. The molecule has 13 heavy (non-hydrogen) atoms. The predicted molar refractivity (Wildman–Crippen MR) is 41.1 cm³/mol. The van der Waals surface area contributed by atoms with Crippen molar-refractivity contribution in [3.05, 3.63) is 29.6 Å². The molecule has 2 nitrogen and oxygen atoms in total. The SMILES string of the molecule is O=S(=O)(C1=CC[CH]C=C1)C(F)(F)F. The molecule has 1 rings (SSSR count). The van der Waals surface area contributed by atoms with Gasteiger partial charge in [-0.15, -0.1) is 0 Å². The van der Waals surface area contributed by atoms with Crippen LogP contribution >= 0.6 is 0 Å². The lowest BCUT2D eigenvalue weighted by molar-refractivity contribution is -0.0425. The molecule has 73 valence electrons. The highest BCUT2D eigenvalue weighted by Gasteiger charge is 2.47. The van der Waals surface area contributed by atoms with Crippen LogP contribution in [0.1, 0.15) is 6.42 Å². The number of sulfone groups is 1. The summed E-state index contributed by atoms with van der Waals surface area (Å²) in [5, 5.41) is 0. The van der Waals surface area contributed by atoms with Gasteiger partial charge in [-0.05, 0) is 18.9 Å². The molecular formula is C7H6F3O2S. The van der Waals surface area contributed by atoms with Crippen LogP contribution in [-0.4, -0.2) is 13.9 Å². The van der Waals surface area contributed by atoms with Crippen LogP contribution in [0.25, 0.3) is 0 Å². The molecule has 0 heterocycles. The summed E-state index contributed by atoms with van der Waals surface area (Å²) in [6.45, 7) is 0. The first-order valence-electron chi connectivity index (χ1n) is 3.37. The van der Waals surface area contributed by atoms with E-state index in [1.165, 1.54) is 6.08 Å². The number of hydrogen-bond donors (Lipinski definition) is 0. The van der Waals surface area contributed by atoms with Crippen LogP contribution in [0.15, 0.2) is 23.1 Å². The summed E-state index contributed by atoms with van der Waals surface area (Å²) in [7, 11) is -5.15. The topological polar surface area (TPSA) is 34.1 Å². The summed E-state index contributed by atoms with van der Waals surface area (Å²) < 4.78 is 57.3. The van der Waals surface area contributed by atoms with Crippen molar-refractivity contribution < 1.29 is 21.6 Å². The number of halogens is 3. The van der Waals surface area contributed by atoms with Crippen LogP contribution in [-0.2, 0) is 9.84 Å². The second-order valence-electron chi connectivity index (χ2n) is 2.39. The van der Waals surface area contributed by atoms with Crippen LogP contribution in [0.3, 0.4) is 0 Å². The van der Waals surface area contributed by atoms with Gasteiger partial charge in [-0.3, -0.25) is 0 Å². The lowest BCUT2D eigenvalue weighted by Crippen LogP contribution is -2.24. The summed E-state index contributed by atoms with van der Waals surface area (Å²) in [5.41, 5.74) is -5.21. The number of alkyl halides is 3. The van der Waals surface area contributed by atoms with Crippen molar-refractivity contribution in [3.8, 4) is 0 Å². The number of hydrogen-bond acceptors (Lipinski definition) is 2. The highest BCUT2D eigenvalue weighted by molar-refractivity contribution is 7.96. The Labute approximate surface area is 73.7 Å². The van der Waals surface area contributed by atoms with Gasteiger partial charge in [0.2, 0.25) is 0 Å². The van der Waals surface area contributed by atoms with Gasteiger partial charge in [0.25, 0.3) is 9.84 Å².